The largest absolute Gasteiger partial charge is 0.478 e. The van der Waals surface area contributed by atoms with Crippen LogP contribution >= 0.6 is 11.6 Å². The number of anilines is 1. The monoisotopic (exact) mass is 259 g/mol. The normalized spacial score (nSPS) is 11.1. The summed E-state index contributed by atoms with van der Waals surface area (Å²) in [5.74, 6) is -3.52. The number of aliphatic carboxylic acids is 2. The summed E-state index contributed by atoms with van der Waals surface area (Å²) in [7, 11) is 0. The Labute approximate surface area is 100 Å². The molecule has 0 bridgehead atoms. The highest BCUT2D eigenvalue weighted by molar-refractivity contribution is 6.31. The lowest BCUT2D eigenvalue weighted by atomic mass is 10.3. The maximum Gasteiger partial charge on any atom is 0.352 e. The van der Waals surface area contributed by atoms with Crippen LogP contribution in [0, 0.1) is 5.82 Å². The maximum absolute atomic E-state index is 12.8. The zero-order valence-electron chi connectivity index (χ0n) is 8.28. The first kappa shape index (κ1) is 13.0. The van der Waals surface area contributed by atoms with Gasteiger partial charge in [0.15, 0.2) is 0 Å². The van der Waals surface area contributed by atoms with Gasteiger partial charge >= 0.3 is 11.9 Å². The number of halogens is 2. The third-order valence-corrected chi connectivity index (χ3v) is 1.99. The fraction of sp³-hybridized carbons (Fsp3) is 0. The Balaban J connectivity index is 2.98. The smallest absolute Gasteiger partial charge is 0.352 e. The summed E-state index contributed by atoms with van der Waals surface area (Å²) in [6, 6.07) is 3.42. The first-order valence-corrected chi connectivity index (χ1v) is 4.68. The van der Waals surface area contributed by atoms with Crippen LogP contribution in [-0.2, 0) is 9.59 Å². The molecule has 7 heteroatoms. The average molecular weight is 260 g/mol. The summed E-state index contributed by atoms with van der Waals surface area (Å²) in [6.45, 7) is 0. The minimum absolute atomic E-state index is 0.173. The molecule has 1 rings (SSSR count). The molecule has 90 valence electrons. The molecule has 0 radical (unpaired) electrons. The van der Waals surface area contributed by atoms with Crippen LogP contribution in [0.4, 0.5) is 10.1 Å². The molecule has 0 unspecified atom stereocenters. The lowest BCUT2D eigenvalue weighted by Gasteiger charge is -2.06. The van der Waals surface area contributed by atoms with Crippen molar-refractivity contribution in [1.82, 2.24) is 0 Å². The van der Waals surface area contributed by atoms with E-state index in [9.17, 15) is 14.0 Å². The van der Waals surface area contributed by atoms with Crippen molar-refractivity contribution in [3.8, 4) is 0 Å². The predicted octanol–water partition coefficient (Wildman–Crippen LogP) is 1.94. The van der Waals surface area contributed by atoms with Crippen LogP contribution in [0.2, 0.25) is 5.02 Å². The Morgan fingerprint density at radius 1 is 1.35 bits per heavy atom. The zero-order valence-corrected chi connectivity index (χ0v) is 9.03. The Morgan fingerprint density at radius 3 is 2.47 bits per heavy atom. The highest BCUT2D eigenvalue weighted by Crippen LogP contribution is 2.20. The van der Waals surface area contributed by atoms with E-state index in [-0.39, 0.29) is 10.7 Å². The van der Waals surface area contributed by atoms with Crippen molar-refractivity contribution in [2.75, 3.05) is 5.32 Å². The van der Waals surface area contributed by atoms with E-state index in [2.05, 4.69) is 5.32 Å². The molecule has 1 aromatic carbocycles. The number of hydrogen-bond donors (Lipinski definition) is 3. The molecule has 0 amide bonds. The van der Waals surface area contributed by atoms with Gasteiger partial charge in [0.05, 0.1) is 11.1 Å². The van der Waals surface area contributed by atoms with Crippen molar-refractivity contribution in [3.05, 3.63) is 40.8 Å². The van der Waals surface area contributed by atoms with E-state index in [0.29, 0.717) is 6.08 Å². The van der Waals surface area contributed by atoms with Gasteiger partial charge in [-0.25, -0.2) is 14.0 Å². The Morgan fingerprint density at radius 2 is 2.00 bits per heavy atom. The van der Waals surface area contributed by atoms with Crippen LogP contribution < -0.4 is 5.32 Å². The highest BCUT2D eigenvalue weighted by Gasteiger charge is 2.10. The lowest BCUT2D eigenvalue weighted by molar-refractivity contribution is -0.134. The fourth-order valence-corrected chi connectivity index (χ4v) is 1.18. The van der Waals surface area contributed by atoms with Gasteiger partial charge in [-0.05, 0) is 18.2 Å². The Kier molecular flexibility index (Phi) is 4.06. The molecule has 0 heterocycles. The Hall–Kier alpha value is -2.08. The number of rotatable bonds is 4. The second-order valence-electron chi connectivity index (χ2n) is 2.96. The summed E-state index contributed by atoms with van der Waals surface area (Å²) in [5.41, 5.74) is -0.383. The van der Waals surface area contributed by atoms with E-state index in [1.165, 1.54) is 6.07 Å². The molecule has 0 aliphatic carbocycles. The molecule has 0 saturated heterocycles. The van der Waals surface area contributed by atoms with Crippen LogP contribution in [-0.4, -0.2) is 22.2 Å². The molecule has 1 aromatic rings. The molecule has 3 N–H and O–H groups in total. The van der Waals surface area contributed by atoms with Gasteiger partial charge in [0.25, 0.3) is 0 Å². The molecular weight excluding hydrogens is 253 g/mol. The molecule has 0 atom stereocenters. The van der Waals surface area contributed by atoms with Crippen LogP contribution in [0.5, 0.6) is 0 Å². The number of benzene rings is 1. The highest BCUT2D eigenvalue weighted by atomic mass is 35.5. The van der Waals surface area contributed by atoms with Gasteiger partial charge in [0.1, 0.15) is 11.5 Å². The molecule has 0 aliphatic heterocycles. The number of carbonyl (C=O) groups is 2. The van der Waals surface area contributed by atoms with Gasteiger partial charge in [0, 0.05) is 5.69 Å². The van der Waals surface area contributed by atoms with Crippen LogP contribution in [0.1, 0.15) is 0 Å². The number of nitrogens with one attached hydrogen (secondary N) is 1. The van der Waals surface area contributed by atoms with E-state index in [4.69, 9.17) is 21.8 Å². The fourth-order valence-electron chi connectivity index (χ4n) is 1.00. The molecule has 5 nitrogen and oxygen atoms in total. The Bertz CT molecular complexity index is 501. The summed E-state index contributed by atoms with van der Waals surface area (Å²) in [6.07, 6.45) is 0.486. The molecular formula is C10H7ClFNO4. The molecule has 0 aliphatic rings. The minimum atomic E-state index is -1.45. The topological polar surface area (TPSA) is 86.6 Å². The second-order valence-corrected chi connectivity index (χ2v) is 3.36. The van der Waals surface area contributed by atoms with Crippen molar-refractivity contribution in [2.45, 2.75) is 0 Å². The average Bonchev–Trinajstić information content (AvgIpc) is 2.21. The summed E-state index contributed by atoms with van der Waals surface area (Å²) < 4.78 is 12.8. The zero-order chi connectivity index (χ0) is 13.0. The molecule has 0 fully saturated rings. The minimum Gasteiger partial charge on any atom is -0.478 e. The van der Waals surface area contributed by atoms with E-state index in [1.807, 2.05) is 0 Å². The molecule has 17 heavy (non-hydrogen) atoms. The van der Waals surface area contributed by atoms with Crippen molar-refractivity contribution in [1.29, 1.82) is 0 Å². The van der Waals surface area contributed by atoms with E-state index < -0.39 is 23.5 Å². The molecule has 0 aromatic heterocycles. The third kappa shape index (κ3) is 3.76. The molecule has 0 saturated carbocycles. The van der Waals surface area contributed by atoms with E-state index in [1.54, 1.807) is 0 Å². The predicted molar refractivity (Wildman–Crippen MR) is 58.4 cm³/mol. The number of hydrogen-bond acceptors (Lipinski definition) is 3. The van der Waals surface area contributed by atoms with Gasteiger partial charge < -0.3 is 15.5 Å². The van der Waals surface area contributed by atoms with Crippen LogP contribution in [0.25, 0.3) is 0 Å². The van der Waals surface area contributed by atoms with E-state index >= 15 is 0 Å². The summed E-state index contributed by atoms with van der Waals surface area (Å²) in [5, 5.41) is 19.3. The standard InChI is InChI=1S/C10H7ClFNO4/c11-6-3-5(1-2-7(6)12)13-8(10(16)17)4-9(14)15/h1-4,13H,(H,14,15)(H,16,17)/b8-4-. The van der Waals surface area contributed by atoms with Gasteiger partial charge in [0.2, 0.25) is 0 Å². The van der Waals surface area contributed by atoms with Crippen molar-refractivity contribution in [3.63, 3.8) is 0 Å². The number of carboxylic acid groups (broad SMARTS) is 2. The summed E-state index contributed by atoms with van der Waals surface area (Å²) >= 11 is 5.48. The maximum atomic E-state index is 12.8. The van der Waals surface area contributed by atoms with Gasteiger partial charge in [-0.1, -0.05) is 11.6 Å². The van der Waals surface area contributed by atoms with Crippen molar-refractivity contribution >= 4 is 29.2 Å². The van der Waals surface area contributed by atoms with Crippen LogP contribution in [0.3, 0.4) is 0 Å². The lowest BCUT2D eigenvalue weighted by Crippen LogP contribution is -2.12. The van der Waals surface area contributed by atoms with Crippen molar-refractivity contribution < 1.29 is 24.2 Å². The van der Waals surface area contributed by atoms with Gasteiger partial charge in [-0.3, -0.25) is 0 Å². The van der Waals surface area contributed by atoms with Crippen LogP contribution in [0.15, 0.2) is 30.0 Å². The number of carboxylic acids is 2. The summed E-state index contributed by atoms with van der Waals surface area (Å²) in [4.78, 5) is 21.0. The van der Waals surface area contributed by atoms with Gasteiger partial charge in [-0.2, -0.15) is 0 Å². The SMILES string of the molecule is O=C(O)/C=C(\Nc1ccc(F)c(Cl)c1)C(=O)O. The quantitative estimate of drug-likeness (QED) is 0.720. The van der Waals surface area contributed by atoms with Gasteiger partial charge in [-0.15, -0.1) is 0 Å². The first-order valence-electron chi connectivity index (χ1n) is 4.30. The second kappa shape index (κ2) is 5.31. The third-order valence-electron chi connectivity index (χ3n) is 1.70. The molecule has 0 spiro atoms. The first-order chi connectivity index (χ1) is 7.90. The van der Waals surface area contributed by atoms with E-state index in [0.717, 1.165) is 12.1 Å². The van der Waals surface area contributed by atoms with Crippen molar-refractivity contribution in [2.24, 2.45) is 0 Å².